The Balaban J connectivity index is 1.75. The molecule has 29 heavy (non-hydrogen) atoms. The van der Waals surface area contributed by atoms with Crippen molar-refractivity contribution in [3.05, 3.63) is 99.4 Å². The van der Waals surface area contributed by atoms with Gasteiger partial charge in [-0.1, -0.05) is 65.3 Å². The van der Waals surface area contributed by atoms with Gasteiger partial charge in [-0.3, -0.25) is 9.69 Å². The number of amides is 1. The number of carbonyl (C=O) groups is 1. The van der Waals surface area contributed by atoms with E-state index in [-0.39, 0.29) is 11.3 Å². The lowest BCUT2D eigenvalue weighted by atomic mass is 10.1. The minimum atomic E-state index is -0.137. The molecule has 1 unspecified atom stereocenters. The number of methoxy groups -OCH3 is 1. The number of halogens is 1. The van der Waals surface area contributed by atoms with Gasteiger partial charge < -0.3 is 4.74 Å². The zero-order valence-corrected chi connectivity index (χ0v) is 17.7. The average Bonchev–Trinajstić information content (AvgIpc) is 3.05. The lowest BCUT2D eigenvalue weighted by Crippen LogP contribution is -2.27. The van der Waals surface area contributed by atoms with Crippen LogP contribution in [0.15, 0.2) is 77.7 Å². The van der Waals surface area contributed by atoms with E-state index in [1.54, 1.807) is 18.9 Å². The summed E-state index contributed by atoms with van der Waals surface area (Å²) in [6.45, 7) is 2.06. The smallest absolute Gasteiger partial charge is 0.266 e. The van der Waals surface area contributed by atoms with E-state index in [1.165, 1.54) is 5.56 Å². The summed E-state index contributed by atoms with van der Waals surface area (Å²) in [5.74, 6) is 0.736. The van der Waals surface area contributed by atoms with Crippen molar-refractivity contribution in [2.45, 2.75) is 12.3 Å². The van der Waals surface area contributed by atoms with E-state index in [0.29, 0.717) is 9.93 Å². The summed E-state index contributed by atoms with van der Waals surface area (Å²) in [5, 5.41) is 0.513. The molecule has 0 spiro atoms. The number of aryl methyl sites for hydroxylation is 1. The summed E-state index contributed by atoms with van der Waals surface area (Å²) in [5.41, 5.74) is 4.02. The Morgan fingerprint density at radius 3 is 2.41 bits per heavy atom. The molecule has 4 rings (SSSR count). The molecule has 3 nitrogen and oxygen atoms in total. The lowest BCUT2D eigenvalue weighted by molar-refractivity contribution is -0.114. The molecule has 1 aliphatic heterocycles. The van der Waals surface area contributed by atoms with Gasteiger partial charge in [0.15, 0.2) is 0 Å². The first-order valence-corrected chi connectivity index (χ1v) is 10.5. The van der Waals surface area contributed by atoms with E-state index in [9.17, 15) is 4.79 Å². The van der Waals surface area contributed by atoms with Gasteiger partial charge >= 0.3 is 0 Å². The highest BCUT2D eigenvalue weighted by molar-refractivity contribution is 8.05. The zero-order chi connectivity index (χ0) is 20.4. The van der Waals surface area contributed by atoms with E-state index in [2.05, 4.69) is 31.2 Å². The van der Waals surface area contributed by atoms with Crippen LogP contribution in [0.5, 0.6) is 5.75 Å². The summed E-state index contributed by atoms with van der Waals surface area (Å²) < 4.78 is 5.26. The molecule has 3 aromatic carbocycles. The summed E-state index contributed by atoms with van der Waals surface area (Å²) in [6, 6.07) is 23.4. The third-order valence-corrected chi connectivity index (χ3v) is 6.25. The van der Waals surface area contributed by atoms with E-state index in [4.69, 9.17) is 16.3 Å². The molecule has 0 aromatic heterocycles. The van der Waals surface area contributed by atoms with Crippen molar-refractivity contribution in [2.24, 2.45) is 0 Å². The molecule has 0 radical (unpaired) electrons. The molecular formula is C24H20ClNO2S. The van der Waals surface area contributed by atoms with Crippen molar-refractivity contribution in [3.63, 3.8) is 0 Å². The number of rotatable bonds is 4. The number of nitrogens with zero attached hydrogens (tertiary/aromatic N) is 1. The second kappa shape index (κ2) is 8.36. The molecule has 0 saturated carbocycles. The van der Waals surface area contributed by atoms with Crippen LogP contribution in [0.4, 0.5) is 5.69 Å². The standard InChI is InChI=1S/C24H20ClNO2S/c1-16-6-8-18(9-7-16)24-26(20-10-12-21(28-2)13-11-20)23(27)22(29-24)15-17-4-3-5-19(25)14-17/h3-15,24H,1-2H3/b22-15+. The van der Waals surface area contributed by atoms with Crippen LogP contribution in [0.25, 0.3) is 6.08 Å². The zero-order valence-electron chi connectivity index (χ0n) is 16.1. The van der Waals surface area contributed by atoms with Crippen molar-refractivity contribution in [1.82, 2.24) is 0 Å². The monoisotopic (exact) mass is 421 g/mol. The minimum Gasteiger partial charge on any atom is -0.497 e. The van der Waals surface area contributed by atoms with E-state index >= 15 is 0 Å². The summed E-state index contributed by atoms with van der Waals surface area (Å²) in [4.78, 5) is 15.9. The van der Waals surface area contributed by atoms with Crippen LogP contribution in [-0.4, -0.2) is 13.0 Å². The highest BCUT2D eigenvalue weighted by atomic mass is 35.5. The maximum absolute atomic E-state index is 13.4. The van der Waals surface area contributed by atoms with Crippen LogP contribution < -0.4 is 9.64 Å². The molecule has 1 amide bonds. The van der Waals surface area contributed by atoms with Gasteiger partial charge in [-0.05, 0) is 60.5 Å². The molecule has 146 valence electrons. The number of thioether (sulfide) groups is 1. The summed E-state index contributed by atoms with van der Waals surface area (Å²) in [6.07, 6.45) is 1.91. The second-order valence-corrected chi connectivity index (χ2v) is 8.38. The predicted octanol–water partition coefficient (Wildman–Crippen LogP) is 6.48. The fourth-order valence-electron chi connectivity index (χ4n) is 3.24. The van der Waals surface area contributed by atoms with Crippen molar-refractivity contribution in [2.75, 3.05) is 12.0 Å². The predicted molar refractivity (Wildman–Crippen MR) is 121 cm³/mol. The third kappa shape index (κ3) is 4.19. The molecule has 0 bridgehead atoms. The fraction of sp³-hybridized carbons (Fsp3) is 0.125. The maximum atomic E-state index is 13.4. The van der Waals surface area contributed by atoms with Crippen molar-refractivity contribution in [3.8, 4) is 5.75 Å². The van der Waals surface area contributed by atoms with Crippen molar-refractivity contribution in [1.29, 1.82) is 0 Å². The number of benzene rings is 3. The molecule has 1 fully saturated rings. The maximum Gasteiger partial charge on any atom is 0.266 e. The van der Waals surface area contributed by atoms with Gasteiger partial charge in [0.25, 0.3) is 5.91 Å². The Kier molecular flexibility index (Phi) is 5.65. The third-order valence-electron chi connectivity index (χ3n) is 4.76. The molecule has 1 aliphatic rings. The summed E-state index contributed by atoms with van der Waals surface area (Å²) >= 11 is 7.67. The van der Waals surface area contributed by atoms with Crippen molar-refractivity contribution < 1.29 is 9.53 Å². The largest absolute Gasteiger partial charge is 0.497 e. The highest BCUT2D eigenvalue weighted by Crippen LogP contribution is 2.48. The van der Waals surface area contributed by atoms with Gasteiger partial charge in [-0.2, -0.15) is 0 Å². The van der Waals surface area contributed by atoms with Crippen molar-refractivity contribution >= 4 is 41.0 Å². The highest BCUT2D eigenvalue weighted by Gasteiger charge is 2.38. The van der Waals surface area contributed by atoms with Gasteiger partial charge in [0.2, 0.25) is 0 Å². The Morgan fingerprint density at radius 2 is 1.76 bits per heavy atom. The molecule has 1 heterocycles. The van der Waals surface area contributed by atoms with Crippen LogP contribution >= 0.6 is 23.4 Å². The average molecular weight is 422 g/mol. The van der Waals surface area contributed by atoms with Crippen LogP contribution in [0.1, 0.15) is 22.1 Å². The van der Waals surface area contributed by atoms with Crippen LogP contribution in [-0.2, 0) is 4.79 Å². The number of hydrogen-bond donors (Lipinski definition) is 0. The Hall–Kier alpha value is -2.69. The lowest BCUT2D eigenvalue weighted by Gasteiger charge is -2.24. The molecule has 5 heteroatoms. The van der Waals surface area contributed by atoms with Gasteiger partial charge in [-0.15, -0.1) is 0 Å². The fourth-order valence-corrected chi connectivity index (χ4v) is 4.69. The minimum absolute atomic E-state index is 0.0225. The van der Waals surface area contributed by atoms with E-state index in [0.717, 1.165) is 22.6 Å². The Bertz CT molecular complexity index is 1060. The number of ether oxygens (including phenoxy) is 1. The van der Waals surface area contributed by atoms with E-state index in [1.807, 2.05) is 59.5 Å². The summed E-state index contributed by atoms with van der Waals surface area (Å²) in [7, 11) is 1.63. The Labute approximate surface area is 180 Å². The van der Waals surface area contributed by atoms with E-state index < -0.39 is 0 Å². The van der Waals surface area contributed by atoms with Gasteiger partial charge in [0.05, 0.1) is 12.0 Å². The van der Waals surface area contributed by atoms with Gasteiger partial charge in [0, 0.05) is 10.7 Å². The van der Waals surface area contributed by atoms with Gasteiger partial charge in [0.1, 0.15) is 11.1 Å². The molecule has 0 aliphatic carbocycles. The first-order valence-electron chi connectivity index (χ1n) is 9.23. The quantitative estimate of drug-likeness (QED) is 0.451. The van der Waals surface area contributed by atoms with Crippen LogP contribution in [0.3, 0.4) is 0 Å². The van der Waals surface area contributed by atoms with Crippen LogP contribution in [0, 0.1) is 6.92 Å². The normalized spacial score (nSPS) is 17.8. The topological polar surface area (TPSA) is 29.5 Å². The molecular weight excluding hydrogens is 402 g/mol. The second-order valence-electron chi connectivity index (χ2n) is 6.82. The molecule has 0 N–H and O–H groups in total. The first kappa shape index (κ1) is 19.6. The number of hydrogen-bond acceptors (Lipinski definition) is 3. The molecule has 3 aromatic rings. The van der Waals surface area contributed by atoms with Crippen LogP contribution in [0.2, 0.25) is 5.02 Å². The SMILES string of the molecule is COc1ccc(N2C(=O)/C(=C\c3cccc(Cl)c3)SC2c2ccc(C)cc2)cc1. The first-order chi connectivity index (χ1) is 14.0. The molecule has 1 saturated heterocycles. The number of anilines is 1. The Morgan fingerprint density at radius 1 is 1.03 bits per heavy atom. The molecule has 1 atom stereocenters. The van der Waals surface area contributed by atoms with Gasteiger partial charge in [-0.25, -0.2) is 0 Å². The number of carbonyl (C=O) groups excluding carboxylic acids is 1.